The summed E-state index contributed by atoms with van der Waals surface area (Å²) in [6.07, 6.45) is 0.726. The number of hydrogen-bond donors (Lipinski definition) is 0. The molecular weight excluding hydrogens is 380 g/mol. The van der Waals surface area contributed by atoms with Crippen molar-refractivity contribution in [2.24, 2.45) is 0 Å². The molecule has 5 aromatic rings. The summed E-state index contributed by atoms with van der Waals surface area (Å²) in [5.41, 5.74) is 1.40. The number of furan rings is 1. The van der Waals surface area contributed by atoms with Crippen molar-refractivity contribution in [3.05, 3.63) is 82.8 Å². The van der Waals surface area contributed by atoms with Crippen LogP contribution in [0.4, 0.5) is 0 Å². The Morgan fingerprint density at radius 1 is 0.933 bits per heavy atom. The Balaban J connectivity index is 1.58. The number of para-hydroxylation sites is 1. The lowest BCUT2D eigenvalue weighted by Crippen LogP contribution is -2.27. The highest BCUT2D eigenvalue weighted by molar-refractivity contribution is 6.06. The highest BCUT2D eigenvalue weighted by atomic mass is 16.5. The fourth-order valence-electron chi connectivity index (χ4n) is 3.67. The summed E-state index contributed by atoms with van der Waals surface area (Å²) in [6, 6.07) is 19.9. The van der Waals surface area contributed by atoms with E-state index < -0.39 is 5.97 Å². The second-order valence-corrected chi connectivity index (χ2v) is 7.07. The van der Waals surface area contributed by atoms with E-state index in [2.05, 4.69) is 5.10 Å². The molecule has 0 fully saturated rings. The highest BCUT2D eigenvalue weighted by Gasteiger charge is 2.19. The molecule has 0 unspecified atom stereocenters. The molecule has 0 spiro atoms. The smallest absolute Gasteiger partial charge is 0.364 e. The largest absolute Gasteiger partial charge is 0.456 e. The molecule has 0 aliphatic heterocycles. The van der Waals surface area contributed by atoms with Gasteiger partial charge in [-0.3, -0.25) is 4.79 Å². The van der Waals surface area contributed by atoms with Gasteiger partial charge in [0.2, 0.25) is 0 Å². The first-order valence-corrected chi connectivity index (χ1v) is 9.79. The van der Waals surface area contributed by atoms with E-state index in [1.165, 1.54) is 4.68 Å². The first kappa shape index (κ1) is 18.1. The zero-order valence-corrected chi connectivity index (χ0v) is 16.3. The molecule has 3 aromatic carbocycles. The number of aromatic nitrogens is 2. The summed E-state index contributed by atoms with van der Waals surface area (Å²) < 4.78 is 12.8. The van der Waals surface area contributed by atoms with E-state index in [-0.39, 0.29) is 11.3 Å². The number of aryl methyl sites for hydroxylation is 1. The van der Waals surface area contributed by atoms with Gasteiger partial charge in [0, 0.05) is 22.7 Å². The maximum atomic E-state index is 13.0. The number of ether oxygens (including phenoxy) is 1. The molecule has 5 rings (SSSR count). The maximum Gasteiger partial charge on any atom is 0.364 e. The zero-order valence-electron chi connectivity index (χ0n) is 16.3. The van der Waals surface area contributed by atoms with E-state index >= 15 is 0 Å². The van der Waals surface area contributed by atoms with Crippen molar-refractivity contribution in [3.8, 4) is 5.75 Å². The lowest BCUT2D eigenvalue weighted by molar-refractivity contribution is 0.0728. The molecule has 2 heterocycles. The Bertz CT molecular complexity index is 1480. The van der Waals surface area contributed by atoms with E-state index in [0.717, 1.165) is 28.4 Å². The molecule has 0 N–H and O–H groups in total. The average Bonchev–Trinajstić information content (AvgIpc) is 3.14. The molecule has 0 bridgehead atoms. The standard InChI is InChI=1S/C24H18N2O4/c1-2-13-26-23(27)18-9-4-3-8-17(18)22(25-26)24(28)29-15-11-12-21-19(14-15)16-7-5-6-10-20(16)30-21/h3-12,14H,2,13H2,1H3. The second-order valence-electron chi connectivity index (χ2n) is 7.07. The van der Waals surface area contributed by atoms with Crippen LogP contribution in [0.1, 0.15) is 23.8 Å². The van der Waals surface area contributed by atoms with Crippen molar-refractivity contribution in [1.29, 1.82) is 0 Å². The Morgan fingerprint density at radius 2 is 1.63 bits per heavy atom. The van der Waals surface area contributed by atoms with Crippen LogP contribution < -0.4 is 10.3 Å². The topological polar surface area (TPSA) is 74.3 Å². The SMILES string of the molecule is CCCn1nc(C(=O)Oc2ccc3oc4ccccc4c3c2)c2ccccc2c1=O. The van der Waals surface area contributed by atoms with Crippen LogP contribution in [0.5, 0.6) is 5.75 Å². The van der Waals surface area contributed by atoms with E-state index in [4.69, 9.17) is 9.15 Å². The summed E-state index contributed by atoms with van der Waals surface area (Å²) >= 11 is 0. The number of fused-ring (bicyclic) bond motifs is 4. The fraction of sp³-hybridized carbons (Fsp3) is 0.125. The number of esters is 1. The monoisotopic (exact) mass is 398 g/mol. The van der Waals surface area contributed by atoms with Crippen LogP contribution in [0.3, 0.4) is 0 Å². The molecule has 0 saturated carbocycles. The molecule has 0 aliphatic carbocycles. The van der Waals surface area contributed by atoms with Crippen molar-refractivity contribution in [2.75, 3.05) is 0 Å². The number of carbonyl (C=O) groups is 1. The van der Waals surface area contributed by atoms with E-state index in [1.54, 1.807) is 42.5 Å². The molecule has 0 saturated heterocycles. The van der Waals surface area contributed by atoms with Gasteiger partial charge in [-0.1, -0.05) is 43.3 Å². The van der Waals surface area contributed by atoms with Gasteiger partial charge in [-0.15, -0.1) is 0 Å². The molecule has 6 heteroatoms. The zero-order chi connectivity index (χ0) is 20.7. The van der Waals surface area contributed by atoms with Crippen molar-refractivity contribution in [3.63, 3.8) is 0 Å². The fourth-order valence-corrected chi connectivity index (χ4v) is 3.67. The van der Waals surface area contributed by atoms with Crippen molar-refractivity contribution < 1.29 is 13.9 Å². The Hall–Kier alpha value is -3.93. The molecule has 2 aromatic heterocycles. The normalized spacial score (nSPS) is 11.4. The molecule has 148 valence electrons. The third-order valence-electron chi connectivity index (χ3n) is 5.06. The van der Waals surface area contributed by atoms with E-state index in [9.17, 15) is 9.59 Å². The van der Waals surface area contributed by atoms with Crippen molar-refractivity contribution in [1.82, 2.24) is 9.78 Å². The maximum absolute atomic E-state index is 13.0. The third kappa shape index (κ3) is 2.93. The number of carbonyl (C=O) groups excluding carboxylic acids is 1. The summed E-state index contributed by atoms with van der Waals surface area (Å²) in [7, 11) is 0. The predicted octanol–water partition coefficient (Wildman–Crippen LogP) is 4.93. The average molecular weight is 398 g/mol. The summed E-state index contributed by atoms with van der Waals surface area (Å²) in [5, 5.41) is 7.04. The first-order chi connectivity index (χ1) is 14.7. The van der Waals surface area contributed by atoms with Crippen LogP contribution in [0, 0.1) is 0 Å². The number of rotatable bonds is 4. The minimum absolute atomic E-state index is 0.121. The summed E-state index contributed by atoms with van der Waals surface area (Å²) in [5.74, 6) is -0.221. The van der Waals surface area contributed by atoms with Gasteiger partial charge in [0.05, 0.1) is 5.39 Å². The first-order valence-electron chi connectivity index (χ1n) is 9.79. The van der Waals surface area contributed by atoms with Crippen LogP contribution >= 0.6 is 0 Å². The Labute approximate surface area is 171 Å². The molecular formula is C24H18N2O4. The van der Waals surface area contributed by atoms with Gasteiger partial charge in [-0.25, -0.2) is 9.48 Å². The van der Waals surface area contributed by atoms with E-state index in [1.807, 2.05) is 31.2 Å². The lowest BCUT2D eigenvalue weighted by Gasteiger charge is -2.10. The Morgan fingerprint density at radius 3 is 2.43 bits per heavy atom. The minimum atomic E-state index is -0.608. The lowest BCUT2D eigenvalue weighted by atomic mass is 10.1. The van der Waals surface area contributed by atoms with Crippen LogP contribution in [0.25, 0.3) is 32.7 Å². The molecule has 0 aliphatic rings. The van der Waals surface area contributed by atoms with Gasteiger partial charge in [-0.05, 0) is 36.8 Å². The summed E-state index contributed by atoms with van der Waals surface area (Å²) in [6.45, 7) is 2.38. The van der Waals surface area contributed by atoms with Gasteiger partial charge in [-0.2, -0.15) is 5.10 Å². The molecule has 0 radical (unpaired) electrons. The van der Waals surface area contributed by atoms with Gasteiger partial charge < -0.3 is 9.15 Å². The van der Waals surface area contributed by atoms with Crippen molar-refractivity contribution in [2.45, 2.75) is 19.9 Å². The quantitative estimate of drug-likeness (QED) is 0.317. The highest BCUT2D eigenvalue weighted by Crippen LogP contribution is 2.31. The number of nitrogens with zero attached hydrogens (tertiary/aromatic N) is 2. The van der Waals surface area contributed by atoms with E-state index in [0.29, 0.717) is 23.1 Å². The van der Waals surface area contributed by atoms with Gasteiger partial charge in [0.25, 0.3) is 5.56 Å². The molecule has 30 heavy (non-hydrogen) atoms. The molecule has 6 nitrogen and oxygen atoms in total. The third-order valence-corrected chi connectivity index (χ3v) is 5.06. The van der Waals surface area contributed by atoms with Gasteiger partial charge in [0.15, 0.2) is 5.69 Å². The van der Waals surface area contributed by atoms with Gasteiger partial charge in [0.1, 0.15) is 16.9 Å². The molecule has 0 atom stereocenters. The second kappa shape index (κ2) is 7.15. The number of benzene rings is 3. The number of hydrogen-bond acceptors (Lipinski definition) is 5. The van der Waals surface area contributed by atoms with Crippen LogP contribution in [0.15, 0.2) is 75.9 Å². The van der Waals surface area contributed by atoms with Crippen LogP contribution in [-0.4, -0.2) is 15.7 Å². The van der Waals surface area contributed by atoms with Crippen LogP contribution in [-0.2, 0) is 6.54 Å². The Kier molecular flexibility index (Phi) is 4.32. The minimum Gasteiger partial charge on any atom is -0.456 e. The van der Waals surface area contributed by atoms with Gasteiger partial charge >= 0.3 is 5.97 Å². The summed E-state index contributed by atoms with van der Waals surface area (Å²) in [4.78, 5) is 25.6. The van der Waals surface area contributed by atoms with Crippen LogP contribution in [0.2, 0.25) is 0 Å². The predicted molar refractivity (Wildman–Crippen MR) is 115 cm³/mol. The van der Waals surface area contributed by atoms with Crippen molar-refractivity contribution >= 4 is 38.7 Å². The molecule has 0 amide bonds.